The third kappa shape index (κ3) is 4.80. The van der Waals surface area contributed by atoms with E-state index < -0.39 is 17.9 Å². The van der Waals surface area contributed by atoms with Crippen molar-refractivity contribution in [1.82, 2.24) is 5.32 Å². The number of hydrogen-bond acceptors (Lipinski definition) is 4. The van der Waals surface area contributed by atoms with Crippen molar-refractivity contribution < 1.29 is 24.5 Å². The molecule has 0 fully saturated rings. The molecule has 1 rings (SSSR count). The molecule has 6 nitrogen and oxygen atoms in total. The first-order valence-electron chi connectivity index (χ1n) is 6.95. The molecule has 3 N–H and O–H groups in total. The van der Waals surface area contributed by atoms with Crippen molar-refractivity contribution in [2.75, 3.05) is 6.61 Å². The van der Waals surface area contributed by atoms with E-state index in [4.69, 9.17) is 21.4 Å². The minimum Gasteiger partial charge on any atom is -0.503 e. The van der Waals surface area contributed by atoms with Crippen molar-refractivity contribution in [3.8, 4) is 11.5 Å². The number of amides is 1. The average Bonchev–Trinajstić information content (AvgIpc) is 2.42. The maximum absolute atomic E-state index is 12.2. The minimum atomic E-state index is -1.10. The molecule has 7 heteroatoms. The number of carboxylic acid groups (broad SMARTS) is 1. The number of phenolic OH excluding ortho intramolecular Hbond substituents is 1. The summed E-state index contributed by atoms with van der Waals surface area (Å²) in [5, 5.41) is 21.3. The Bertz CT molecular complexity index is 559. The van der Waals surface area contributed by atoms with Crippen LogP contribution in [0.3, 0.4) is 0 Å². The highest BCUT2D eigenvalue weighted by atomic mass is 35.5. The Labute approximate surface area is 134 Å². The molecule has 0 aliphatic rings. The minimum absolute atomic E-state index is 0.0353. The molecule has 0 radical (unpaired) electrons. The third-order valence-electron chi connectivity index (χ3n) is 2.90. The fourth-order valence-electron chi connectivity index (χ4n) is 1.90. The van der Waals surface area contributed by atoms with E-state index in [1.54, 1.807) is 6.92 Å². The summed E-state index contributed by atoms with van der Waals surface area (Å²) in [5.41, 5.74) is 0.126. The van der Waals surface area contributed by atoms with Crippen LogP contribution < -0.4 is 10.1 Å². The van der Waals surface area contributed by atoms with E-state index in [0.717, 1.165) is 0 Å². The Hall–Kier alpha value is -1.95. The summed E-state index contributed by atoms with van der Waals surface area (Å²) >= 11 is 5.86. The van der Waals surface area contributed by atoms with E-state index in [9.17, 15) is 14.7 Å². The average molecular weight is 330 g/mol. The summed E-state index contributed by atoms with van der Waals surface area (Å²) in [6.45, 7) is 5.75. The highest BCUT2D eigenvalue weighted by Crippen LogP contribution is 2.35. The standard InChI is InChI=1S/C15H20ClNO5/c1-4-22-12-7-9(6-10(16)13(12)18)14(19)17-11(15(20)21)5-8(2)3/h6-8,11,18H,4-5H2,1-3H3,(H,17,19)(H,20,21)/t11-/m0/s1. The van der Waals surface area contributed by atoms with Crippen molar-refractivity contribution in [3.05, 3.63) is 22.7 Å². The number of rotatable bonds is 7. The number of nitrogens with one attached hydrogen (secondary N) is 1. The van der Waals surface area contributed by atoms with Crippen LogP contribution in [0.25, 0.3) is 0 Å². The van der Waals surface area contributed by atoms with Gasteiger partial charge in [-0.25, -0.2) is 4.79 Å². The molecule has 0 saturated carbocycles. The Morgan fingerprint density at radius 3 is 2.50 bits per heavy atom. The molecule has 1 amide bonds. The number of phenols is 1. The smallest absolute Gasteiger partial charge is 0.326 e. The zero-order chi connectivity index (χ0) is 16.9. The first-order chi connectivity index (χ1) is 10.3. The third-order valence-corrected chi connectivity index (χ3v) is 3.19. The largest absolute Gasteiger partial charge is 0.503 e. The molecule has 0 saturated heterocycles. The molecule has 1 atom stereocenters. The number of benzene rings is 1. The van der Waals surface area contributed by atoms with Gasteiger partial charge >= 0.3 is 5.97 Å². The number of halogens is 1. The zero-order valence-electron chi connectivity index (χ0n) is 12.7. The summed E-state index contributed by atoms with van der Waals surface area (Å²) in [4.78, 5) is 23.4. The number of aliphatic carboxylic acids is 1. The van der Waals surface area contributed by atoms with Crippen LogP contribution in [0.2, 0.25) is 5.02 Å². The predicted molar refractivity (Wildman–Crippen MR) is 82.6 cm³/mol. The van der Waals surface area contributed by atoms with Gasteiger partial charge in [-0.05, 0) is 31.4 Å². The molecule has 0 spiro atoms. The van der Waals surface area contributed by atoms with Crippen molar-refractivity contribution in [1.29, 1.82) is 0 Å². The number of carbonyl (C=O) groups excluding carboxylic acids is 1. The molecule has 0 heterocycles. The van der Waals surface area contributed by atoms with Gasteiger partial charge in [-0.3, -0.25) is 4.79 Å². The fraction of sp³-hybridized carbons (Fsp3) is 0.467. The van der Waals surface area contributed by atoms with Gasteiger partial charge in [-0.1, -0.05) is 25.4 Å². The second-order valence-electron chi connectivity index (χ2n) is 5.23. The zero-order valence-corrected chi connectivity index (χ0v) is 13.5. The monoisotopic (exact) mass is 329 g/mol. The van der Waals surface area contributed by atoms with Crippen LogP contribution in [-0.2, 0) is 4.79 Å². The molecule has 1 aromatic carbocycles. The molecule has 22 heavy (non-hydrogen) atoms. The van der Waals surface area contributed by atoms with E-state index >= 15 is 0 Å². The fourth-order valence-corrected chi connectivity index (χ4v) is 2.12. The normalized spacial score (nSPS) is 12.0. The van der Waals surface area contributed by atoms with Crippen LogP contribution in [0.5, 0.6) is 11.5 Å². The van der Waals surface area contributed by atoms with Crippen molar-refractivity contribution in [2.24, 2.45) is 5.92 Å². The van der Waals surface area contributed by atoms with Gasteiger partial charge < -0.3 is 20.3 Å². The summed E-state index contributed by atoms with van der Waals surface area (Å²) in [7, 11) is 0. The van der Waals surface area contributed by atoms with Crippen LogP contribution in [0.4, 0.5) is 0 Å². The van der Waals surface area contributed by atoms with Gasteiger partial charge in [0, 0.05) is 5.56 Å². The lowest BCUT2D eigenvalue weighted by molar-refractivity contribution is -0.139. The van der Waals surface area contributed by atoms with Gasteiger partial charge in [0.05, 0.1) is 11.6 Å². The van der Waals surface area contributed by atoms with Gasteiger partial charge in [-0.2, -0.15) is 0 Å². The molecule has 0 unspecified atom stereocenters. The van der Waals surface area contributed by atoms with Crippen LogP contribution in [0.1, 0.15) is 37.6 Å². The maximum Gasteiger partial charge on any atom is 0.326 e. The second kappa shape index (κ2) is 7.89. The Morgan fingerprint density at radius 2 is 2.00 bits per heavy atom. The van der Waals surface area contributed by atoms with E-state index in [1.165, 1.54) is 12.1 Å². The summed E-state index contributed by atoms with van der Waals surface area (Å²) in [6.07, 6.45) is 0.311. The number of carbonyl (C=O) groups is 2. The van der Waals surface area contributed by atoms with Gasteiger partial charge in [0.15, 0.2) is 11.5 Å². The molecular weight excluding hydrogens is 310 g/mol. The van der Waals surface area contributed by atoms with Gasteiger partial charge in [0.2, 0.25) is 0 Å². The maximum atomic E-state index is 12.2. The number of carboxylic acids is 1. The van der Waals surface area contributed by atoms with Gasteiger partial charge in [0.1, 0.15) is 6.04 Å². The SMILES string of the molecule is CCOc1cc(C(=O)N[C@@H](CC(C)C)C(=O)O)cc(Cl)c1O. The molecule has 0 bridgehead atoms. The lowest BCUT2D eigenvalue weighted by Crippen LogP contribution is -2.41. The lowest BCUT2D eigenvalue weighted by atomic mass is 10.0. The summed E-state index contributed by atoms with van der Waals surface area (Å²) < 4.78 is 5.19. The van der Waals surface area contributed by atoms with Crippen molar-refractivity contribution >= 4 is 23.5 Å². The van der Waals surface area contributed by atoms with E-state index in [0.29, 0.717) is 13.0 Å². The molecule has 0 aromatic heterocycles. The van der Waals surface area contributed by atoms with Crippen molar-refractivity contribution in [3.63, 3.8) is 0 Å². The highest BCUT2D eigenvalue weighted by molar-refractivity contribution is 6.32. The second-order valence-corrected chi connectivity index (χ2v) is 5.64. The Kier molecular flexibility index (Phi) is 6.49. The Morgan fingerprint density at radius 1 is 1.36 bits per heavy atom. The number of hydrogen-bond donors (Lipinski definition) is 3. The first-order valence-corrected chi connectivity index (χ1v) is 7.33. The first kappa shape index (κ1) is 18.1. The van der Waals surface area contributed by atoms with E-state index in [1.807, 2.05) is 13.8 Å². The van der Waals surface area contributed by atoms with Crippen LogP contribution >= 0.6 is 11.6 Å². The van der Waals surface area contributed by atoms with Gasteiger partial charge in [0.25, 0.3) is 5.91 Å². The van der Waals surface area contributed by atoms with Crippen LogP contribution in [0, 0.1) is 5.92 Å². The molecule has 0 aliphatic heterocycles. The number of ether oxygens (including phenoxy) is 1. The topological polar surface area (TPSA) is 95.9 Å². The molecular formula is C15H20ClNO5. The Balaban J connectivity index is 2.99. The highest BCUT2D eigenvalue weighted by Gasteiger charge is 2.23. The molecule has 1 aromatic rings. The van der Waals surface area contributed by atoms with Gasteiger partial charge in [-0.15, -0.1) is 0 Å². The summed E-state index contributed by atoms with van der Waals surface area (Å²) in [5.74, 6) is -1.75. The summed E-state index contributed by atoms with van der Waals surface area (Å²) in [6, 6.07) is 1.60. The molecule has 0 aliphatic carbocycles. The van der Waals surface area contributed by atoms with E-state index in [-0.39, 0.29) is 28.0 Å². The van der Waals surface area contributed by atoms with Crippen LogP contribution in [-0.4, -0.2) is 34.7 Å². The molecule has 122 valence electrons. The lowest BCUT2D eigenvalue weighted by Gasteiger charge is -2.17. The predicted octanol–water partition coefficient (Wildman–Crippen LogP) is 2.67. The number of aromatic hydroxyl groups is 1. The van der Waals surface area contributed by atoms with Crippen LogP contribution in [0.15, 0.2) is 12.1 Å². The quantitative estimate of drug-likeness (QED) is 0.714. The van der Waals surface area contributed by atoms with E-state index in [2.05, 4.69) is 5.32 Å². The van der Waals surface area contributed by atoms with Crippen molar-refractivity contribution in [2.45, 2.75) is 33.2 Å².